The monoisotopic (exact) mass is 550 g/mol. The topological polar surface area (TPSA) is 122 Å². The third-order valence-corrected chi connectivity index (χ3v) is 6.29. The van der Waals surface area contributed by atoms with Crippen molar-refractivity contribution < 1.29 is 14.3 Å². The predicted molar refractivity (Wildman–Crippen MR) is 166 cm³/mol. The highest BCUT2D eigenvalue weighted by molar-refractivity contribution is 5.85. The molecule has 3 rings (SSSR count). The second kappa shape index (κ2) is 21.0. The zero-order valence-corrected chi connectivity index (χ0v) is 24.9. The molecule has 1 aliphatic rings. The Bertz CT molecular complexity index is 951. The minimum Gasteiger partial charge on any atom is -0.412 e. The van der Waals surface area contributed by atoms with Crippen molar-refractivity contribution in [2.75, 3.05) is 50.5 Å². The van der Waals surface area contributed by atoms with Crippen LogP contribution in [0.15, 0.2) is 30.8 Å². The van der Waals surface area contributed by atoms with Crippen LogP contribution in [0.3, 0.4) is 0 Å². The summed E-state index contributed by atoms with van der Waals surface area (Å²) < 4.78 is 20.7. The van der Waals surface area contributed by atoms with Crippen molar-refractivity contribution in [2.24, 2.45) is 0 Å². The summed E-state index contributed by atoms with van der Waals surface area (Å²) in [5, 5.41) is 11.3. The van der Waals surface area contributed by atoms with Crippen molar-refractivity contribution in [1.29, 1.82) is 5.41 Å². The maximum Gasteiger partial charge on any atom is 0.235 e. The van der Waals surface area contributed by atoms with E-state index in [2.05, 4.69) is 59.9 Å². The van der Waals surface area contributed by atoms with Crippen LogP contribution >= 0.6 is 0 Å². The van der Waals surface area contributed by atoms with Gasteiger partial charge in [-0.3, -0.25) is 0 Å². The van der Waals surface area contributed by atoms with Crippen LogP contribution in [-0.2, 0) is 19.3 Å². The molecule has 1 saturated heterocycles. The van der Waals surface area contributed by atoms with Crippen LogP contribution in [0.5, 0.6) is 0 Å². The van der Waals surface area contributed by atoms with Gasteiger partial charge in [0, 0.05) is 49.7 Å². The maximum absolute atomic E-state index is 10.3. The number of anilines is 2. The molecule has 0 spiro atoms. The standard InChI is InChI=1S/C26H37N5.C2H4F2.C2H6.H3N.H2O/c1-5-22-23(6-2)26(31-16-8-15-30(4)17-18-31)29-25(24(22)19-27)10-7-9-20-11-13-21(28-3)14-12-20;1-2(3)4;1-2;;/h6,11-14,19,27-28H,2,5,7-10,15-18H2,1,3-4H3;2H,1H3;1-2H3;1H3;1H2. The van der Waals surface area contributed by atoms with Gasteiger partial charge in [-0.1, -0.05) is 45.6 Å². The molecule has 0 radical (unpaired) electrons. The molecule has 1 aromatic heterocycles. The van der Waals surface area contributed by atoms with Crippen LogP contribution in [0.1, 0.15) is 68.5 Å². The second-order valence-electron chi connectivity index (χ2n) is 8.85. The largest absolute Gasteiger partial charge is 0.412 e. The van der Waals surface area contributed by atoms with E-state index < -0.39 is 6.43 Å². The Labute approximate surface area is 235 Å². The van der Waals surface area contributed by atoms with E-state index >= 15 is 0 Å². The molecular formula is C30H52F2N6O. The number of nitrogens with one attached hydrogen (secondary N) is 2. The van der Waals surface area contributed by atoms with Crippen molar-refractivity contribution in [3.8, 4) is 0 Å². The van der Waals surface area contributed by atoms with E-state index in [1.807, 2.05) is 27.0 Å². The van der Waals surface area contributed by atoms with Crippen molar-refractivity contribution in [3.05, 3.63) is 58.8 Å². The molecule has 0 amide bonds. The summed E-state index contributed by atoms with van der Waals surface area (Å²) in [5.74, 6) is 1.06. The lowest BCUT2D eigenvalue weighted by molar-refractivity contribution is 0.171. The Morgan fingerprint density at radius 2 is 1.69 bits per heavy atom. The first-order valence-corrected chi connectivity index (χ1v) is 13.5. The van der Waals surface area contributed by atoms with E-state index in [9.17, 15) is 8.78 Å². The van der Waals surface area contributed by atoms with Gasteiger partial charge in [-0.2, -0.15) is 0 Å². The van der Waals surface area contributed by atoms with Crippen LogP contribution in [0, 0.1) is 5.41 Å². The summed E-state index contributed by atoms with van der Waals surface area (Å²) in [6.07, 6.45) is 6.20. The van der Waals surface area contributed by atoms with Gasteiger partial charge in [0.15, 0.2) is 0 Å². The highest BCUT2D eigenvalue weighted by atomic mass is 19.3. The molecule has 1 aliphatic heterocycles. The molecule has 222 valence electrons. The van der Waals surface area contributed by atoms with Gasteiger partial charge < -0.3 is 32.2 Å². The minimum absolute atomic E-state index is 0. The van der Waals surface area contributed by atoms with Crippen LogP contribution < -0.4 is 16.4 Å². The van der Waals surface area contributed by atoms with Gasteiger partial charge in [0.25, 0.3) is 0 Å². The second-order valence-corrected chi connectivity index (χ2v) is 8.85. The summed E-state index contributed by atoms with van der Waals surface area (Å²) >= 11 is 0. The Morgan fingerprint density at radius 1 is 1.08 bits per heavy atom. The number of likely N-dealkylation sites (N-methyl/N-ethyl adjacent to an activating group) is 1. The number of aryl methyl sites for hydroxylation is 2. The van der Waals surface area contributed by atoms with E-state index in [4.69, 9.17) is 10.4 Å². The molecule has 0 atom stereocenters. The maximum atomic E-state index is 10.3. The average Bonchev–Trinajstić information content (AvgIpc) is 3.13. The molecule has 7 N–H and O–H groups in total. The van der Waals surface area contributed by atoms with Crippen molar-refractivity contribution in [2.45, 2.75) is 66.2 Å². The third kappa shape index (κ3) is 12.2. The number of nitrogens with zero attached hydrogens (tertiary/aromatic N) is 3. The molecule has 0 unspecified atom stereocenters. The van der Waals surface area contributed by atoms with Crippen LogP contribution in [0.25, 0.3) is 6.08 Å². The lowest BCUT2D eigenvalue weighted by Gasteiger charge is -2.27. The van der Waals surface area contributed by atoms with Gasteiger partial charge in [-0.05, 0) is 75.9 Å². The minimum atomic E-state index is -2.17. The fourth-order valence-electron chi connectivity index (χ4n) is 4.46. The van der Waals surface area contributed by atoms with E-state index in [1.165, 1.54) is 17.3 Å². The van der Waals surface area contributed by atoms with Gasteiger partial charge in [0.2, 0.25) is 6.43 Å². The average molecular weight is 551 g/mol. The molecule has 7 nitrogen and oxygen atoms in total. The van der Waals surface area contributed by atoms with E-state index in [-0.39, 0.29) is 11.6 Å². The molecule has 1 fully saturated rings. The molecule has 0 saturated carbocycles. The zero-order chi connectivity index (χ0) is 27.8. The number of pyridine rings is 1. The van der Waals surface area contributed by atoms with Crippen LogP contribution in [-0.4, -0.2) is 68.3 Å². The zero-order valence-electron chi connectivity index (χ0n) is 24.9. The molecular weight excluding hydrogens is 498 g/mol. The fraction of sp³-hybridized carbons (Fsp3) is 0.533. The first-order valence-electron chi connectivity index (χ1n) is 13.5. The summed E-state index contributed by atoms with van der Waals surface area (Å²) in [5.41, 5.74) is 6.83. The number of halogens is 2. The third-order valence-electron chi connectivity index (χ3n) is 6.29. The quantitative estimate of drug-likeness (QED) is 0.317. The first kappa shape index (κ1) is 38.3. The highest BCUT2D eigenvalue weighted by Crippen LogP contribution is 2.29. The fourth-order valence-corrected chi connectivity index (χ4v) is 4.46. The van der Waals surface area contributed by atoms with E-state index in [0.717, 1.165) is 93.5 Å². The molecule has 9 heteroatoms. The van der Waals surface area contributed by atoms with Gasteiger partial charge in [-0.25, -0.2) is 13.8 Å². The molecule has 0 bridgehead atoms. The number of hydrogen-bond donors (Lipinski definition) is 3. The lowest BCUT2D eigenvalue weighted by Crippen LogP contribution is -2.30. The molecule has 2 aromatic rings. The predicted octanol–water partition coefficient (Wildman–Crippen LogP) is 6.28. The Balaban J connectivity index is 0. The van der Waals surface area contributed by atoms with Gasteiger partial charge in [0.05, 0.1) is 5.69 Å². The van der Waals surface area contributed by atoms with Crippen LogP contribution in [0.4, 0.5) is 20.3 Å². The molecule has 2 heterocycles. The smallest absolute Gasteiger partial charge is 0.235 e. The van der Waals surface area contributed by atoms with E-state index in [1.54, 1.807) is 0 Å². The number of alkyl halides is 2. The van der Waals surface area contributed by atoms with Crippen molar-refractivity contribution >= 4 is 23.8 Å². The molecule has 1 aromatic carbocycles. The Hall–Kier alpha value is -2.88. The van der Waals surface area contributed by atoms with Crippen LogP contribution in [0.2, 0.25) is 0 Å². The summed E-state index contributed by atoms with van der Waals surface area (Å²) in [7, 11) is 4.13. The summed E-state index contributed by atoms with van der Waals surface area (Å²) in [6, 6.07) is 8.63. The first-order chi connectivity index (χ1) is 17.8. The molecule has 39 heavy (non-hydrogen) atoms. The van der Waals surface area contributed by atoms with Crippen molar-refractivity contribution in [1.82, 2.24) is 16.0 Å². The highest BCUT2D eigenvalue weighted by Gasteiger charge is 2.21. The van der Waals surface area contributed by atoms with Crippen molar-refractivity contribution in [3.63, 3.8) is 0 Å². The lowest BCUT2D eigenvalue weighted by atomic mass is 9.95. The normalized spacial score (nSPS) is 12.9. The van der Waals surface area contributed by atoms with Gasteiger partial charge in [-0.15, -0.1) is 0 Å². The number of aromatic nitrogens is 1. The van der Waals surface area contributed by atoms with Gasteiger partial charge >= 0.3 is 0 Å². The van der Waals surface area contributed by atoms with E-state index in [0.29, 0.717) is 0 Å². The Kier molecular flexibility index (Phi) is 20.6. The SMILES string of the molecule is C=Cc1c(N2CCCN(C)CC2)nc(CCCc2ccc(NC)cc2)c(C=N)c1CC.CC.CC(F)F.N.O. The molecule has 0 aliphatic carbocycles. The summed E-state index contributed by atoms with van der Waals surface area (Å²) in [4.78, 5) is 9.96. The number of benzene rings is 1. The summed E-state index contributed by atoms with van der Waals surface area (Å²) in [6.45, 7) is 15.3. The number of rotatable bonds is 9. The Morgan fingerprint density at radius 3 is 2.21 bits per heavy atom. The number of hydrogen-bond acceptors (Lipinski definition) is 6. The van der Waals surface area contributed by atoms with Gasteiger partial charge in [0.1, 0.15) is 5.82 Å².